The maximum Gasteiger partial charge on any atom is 0.326 e. The number of aromatic hydroxyl groups is 1. The van der Waals surface area contributed by atoms with E-state index in [1.165, 1.54) is 12.1 Å². The number of aliphatic carboxylic acids is 1. The Bertz CT molecular complexity index is 1420. The molecular weight excluding hydrogens is 544 g/mol. The Morgan fingerprint density at radius 3 is 2.33 bits per heavy atom. The summed E-state index contributed by atoms with van der Waals surface area (Å²) >= 11 is 0. The summed E-state index contributed by atoms with van der Waals surface area (Å²) in [4.78, 5) is 57.2. The van der Waals surface area contributed by atoms with Gasteiger partial charge in [-0.15, -0.1) is 0 Å². The number of nitrogens with one attached hydrogen (secondary N) is 4. The summed E-state index contributed by atoms with van der Waals surface area (Å²) in [6, 6.07) is 10.4. The first-order valence-electron chi connectivity index (χ1n) is 13.3. The lowest BCUT2D eigenvalue weighted by Gasteiger charge is -2.21. The third-order valence-electron chi connectivity index (χ3n) is 6.46. The van der Waals surface area contributed by atoms with Gasteiger partial charge in [0.25, 0.3) is 0 Å². The minimum atomic E-state index is -1.24. The summed E-state index contributed by atoms with van der Waals surface area (Å²) in [5, 5.41) is 27.3. The number of carbonyl (C=O) groups is 4. The van der Waals surface area contributed by atoms with E-state index >= 15 is 0 Å². The minimum absolute atomic E-state index is 0.0734. The molecule has 3 unspecified atom stereocenters. The van der Waals surface area contributed by atoms with Gasteiger partial charge < -0.3 is 48.3 Å². The van der Waals surface area contributed by atoms with Crippen molar-refractivity contribution in [2.75, 3.05) is 13.1 Å². The van der Waals surface area contributed by atoms with Crippen molar-refractivity contribution in [3.63, 3.8) is 0 Å². The normalized spacial score (nSPS) is 13.0. The van der Waals surface area contributed by atoms with E-state index in [4.69, 9.17) is 17.2 Å². The average Bonchev–Trinajstić information content (AvgIpc) is 3.36. The van der Waals surface area contributed by atoms with E-state index < -0.39 is 48.4 Å². The molecule has 1 aromatic heterocycles. The predicted octanol–water partition coefficient (Wildman–Crippen LogP) is -0.790. The maximum absolute atomic E-state index is 13.2. The number of carboxylic acid groups (broad SMARTS) is 1. The van der Waals surface area contributed by atoms with Gasteiger partial charge >= 0.3 is 5.97 Å². The molecule has 42 heavy (non-hydrogen) atoms. The molecule has 0 spiro atoms. The highest BCUT2D eigenvalue weighted by molar-refractivity contribution is 5.93. The Labute approximate surface area is 241 Å². The average molecular weight is 581 g/mol. The molecule has 14 nitrogen and oxygen atoms in total. The van der Waals surface area contributed by atoms with Crippen LogP contribution in [0.25, 0.3) is 10.9 Å². The second-order valence-electron chi connectivity index (χ2n) is 9.73. The summed E-state index contributed by atoms with van der Waals surface area (Å²) in [6.45, 7) is -0.320. The van der Waals surface area contributed by atoms with Gasteiger partial charge in [-0.3, -0.25) is 19.4 Å². The third kappa shape index (κ3) is 9.52. The number of H-pyrrole nitrogens is 1. The van der Waals surface area contributed by atoms with E-state index in [0.717, 1.165) is 22.0 Å². The molecule has 224 valence electrons. The Morgan fingerprint density at radius 2 is 1.64 bits per heavy atom. The number of aromatic nitrogens is 1. The van der Waals surface area contributed by atoms with Crippen LogP contribution in [-0.4, -0.2) is 76.1 Å². The number of carbonyl (C=O) groups excluding carboxylic acids is 3. The maximum atomic E-state index is 13.2. The van der Waals surface area contributed by atoms with Crippen LogP contribution in [0, 0.1) is 0 Å². The van der Waals surface area contributed by atoms with Crippen molar-refractivity contribution >= 4 is 40.6 Å². The molecule has 0 aliphatic heterocycles. The molecule has 3 rings (SSSR count). The van der Waals surface area contributed by atoms with Gasteiger partial charge in [0.1, 0.15) is 17.8 Å². The van der Waals surface area contributed by atoms with Crippen molar-refractivity contribution in [1.29, 1.82) is 0 Å². The van der Waals surface area contributed by atoms with E-state index in [0.29, 0.717) is 6.42 Å². The smallest absolute Gasteiger partial charge is 0.326 e. The van der Waals surface area contributed by atoms with Crippen molar-refractivity contribution in [1.82, 2.24) is 20.9 Å². The van der Waals surface area contributed by atoms with Crippen molar-refractivity contribution in [3.8, 4) is 5.75 Å². The summed E-state index contributed by atoms with van der Waals surface area (Å²) < 4.78 is 0. The number of guanidine groups is 1. The van der Waals surface area contributed by atoms with Gasteiger partial charge in [0.15, 0.2) is 5.96 Å². The van der Waals surface area contributed by atoms with Crippen molar-refractivity contribution in [2.45, 2.75) is 43.8 Å². The lowest BCUT2D eigenvalue weighted by atomic mass is 10.0. The van der Waals surface area contributed by atoms with Gasteiger partial charge in [-0.25, -0.2) is 4.79 Å². The van der Waals surface area contributed by atoms with Crippen LogP contribution < -0.4 is 33.2 Å². The zero-order valence-corrected chi connectivity index (χ0v) is 22.9. The van der Waals surface area contributed by atoms with Gasteiger partial charge in [-0.05, 0) is 48.6 Å². The topological polar surface area (TPSA) is 251 Å². The molecule has 0 saturated carbocycles. The highest BCUT2D eigenvalue weighted by Gasteiger charge is 2.26. The van der Waals surface area contributed by atoms with Gasteiger partial charge in [0.2, 0.25) is 17.7 Å². The van der Waals surface area contributed by atoms with Crippen LogP contribution in [0.5, 0.6) is 5.75 Å². The van der Waals surface area contributed by atoms with Crippen LogP contribution in [0.4, 0.5) is 0 Å². The van der Waals surface area contributed by atoms with E-state index in [1.54, 1.807) is 18.3 Å². The van der Waals surface area contributed by atoms with E-state index in [2.05, 4.69) is 25.9 Å². The van der Waals surface area contributed by atoms with E-state index in [1.807, 2.05) is 24.3 Å². The quantitative estimate of drug-likeness (QED) is 0.0619. The first kappa shape index (κ1) is 31.4. The second-order valence-corrected chi connectivity index (χ2v) is 9.73. The molecule has 0 aliphatic rings. The van der Waals surface area contributed by atoms with Crippen molar-refractivity contribution in [3.05, 3.63) is 65.9 Å². The summed E-state index contributed by atoms with van der Waals surface area (Å²) in [6.07, 6.45) is 2.38. The number of para-hydroxylation sites is 1. The number of hydrogen-bond acceptors (Lipinski definition) is 7. The minimum Gasteiger partial charge on any atom is -0.508 e. The number of carboxylic acids is 1. The molecule has 3 aromatic rings. The van der Waals surface area contributed by atoms with Gasteiger partial charge in [0.05, 0.1) is 12.6 Å². The summed E-state index contributed by atoms with van der Waals surface area (Å²) in [7, 11) is 0. The molecule has 3 atom stereocenters. The number of rotatable bonds is 15. The zero-order chi connectivity index (χ0) is 30.6. The molecule has 14 heteroatoms. The second kappa shape index (κ2) is 15.0. The van der Waals surface area contributed by atoms with Crippen LogP contribution in [-0.2, 0) is 32.0 Å². The van der Waals surface area contributed by atoms with Crippen LogP contribution >= 0.6 is 0 Å². The van der Waals surface area contributed by atoms with Crippen molar-refractivity contribution < 1.29 is 29.4 Å². The van der Waals surface area contributed by atoms with Crippen LogP contribution in [0.15, 0.2) is 59.7 Å². The molecule has 0 bridgehead atoms. The SMILES string of the molecule is NC(N)=NCCCC(NC(=O)CNC(=O)C(Cc1c[nH]c2ccccc12)NC(=O)C(N)Cc1ccc(O)cc1)C(=O)O. The Balaban J connectivity index is 1.66. The number of aromatic amines is 1. The number of nitrogens with two attached hydrogens (primary N) is 3. The van der Waals surface area contributed by atoms with E-state index in [-0.39, 0.29) is 37.5 Å². The standard InChI is InChI=1S/C28H36N8O6/c29-20(12-16-7-9-18(37)10-8-16)25(39)36-23(13-17-14-33-21-5-2-1-4-19(17)21)26(40)34-15-24(38)35-22(27(41)42)6-3-11-32-28(30)31/h1-2,4-5,7-10,14,20,22-23,33,37H,3,6,11-13,15,29H2,(H,34,40)(H,35,38)(H,36,39)(H,41,42)(H4,30,31,32). The van der Waals surface area contributed by atoms with Gasteiger partial charge in [-0.2, -0.15) is 0 Å². The molecule has 1 heterocycles. The van der Waals surface area contributed by atoms with Crippen molar-refractivity contribution in [2.24, 2.45) is 22.2 Å². The number of nitrogens with zero attached hydrogens (tertiary/aromatic N) is 1. The highest BCUT2D eigenvalue weighted by atomic mass is 16.4. The fraction of sp³-hybridized carbons (Fsp3) is 0.321. The molecule has 2 aromatic carbocycles. The number of aliphatic imine (C=N–C) groups is 1. The molecule has 3 amide bonds. The highest BCUT2D eigenvalue weighted by Crippen LogP contribution is 2.19. The van der Waals surface area contributed by atoms with Crippen LogP contribution in [0.3, 0.4) is 0 Å². The van der Waals surface area contributed by atoms with E-state index in [9.17, 15) is 29.4 Å². The molecule has 0 fully saturated rings. The lowest BCUT2D eigenvalue weighted by molar-refractivity contribution is -0.142. The first-order valence-corrected chi connectivity index (χ1v) is 13.3. The third-order valence-corrected chi connectivity index (χ3v) is 6.46. The van der Waals surface area contributed by atoms with Gasteiger partial charge in [-0.1, -0.05) is 30.3 Å². The number of fused-ring (bicyclic) bond motifs is 1. The number of phenolic OH excluding ortho intramolecular Hbond substituents is 1. The Hall–Kier alpha value is -5.11. The monoisotopic (exact) mass is 580 g/mol. The molecular formula is C28H36N8O6. The fourth-order valence-corrected chi connectivity index (χ4v) is 4.28. The summed E-state index contributed by atoms with van der Waals surface area (Å²) in [5.74, 6) is -3.24. The predicted molar refractivity (Wildman–Crippen MR) is 156 cm³/mol. The van der Waals surface area contributed by atoms with Crippen LogP contribution in [0.1, 0.15) is 24.0 Å². The fourth-order valence-electron chi connectivity index (χ4n) is 4.28. The molecule has 0 saturated heterocycles. The van der Waals surface area contributed by atoms with Crippen LogP contribution in [0.2, 0.25) is 0 Å². The lowest BCUT2D eigenvalue weighted by Crippen LogP contribution is -2.54. The molecule has 0 aliphatic carbocycles. The Kier molecular flexibility index (Phi) is 11.3. The number of hydrogen-bond donors (Lipinski definition) is 9. The first-order chi connectivity index (χ1) is 20.0. The molecule has 12 N–H and O–H groups in total. The largest absolute Gasteiger partial charge is 0.508 e. The molecule has 0 radical (unpaired) electrons. The Morgan fingerprint density at radius 1 is 0.929 bits per heavy atom. The number of benzene rings is 2. The zero-order valence-electron chi connectivity index (χ0n) is 22.9. The number of phenols is 1. The van der Waals surface area contributed by atoms with Gasteiger partial charge in [0, 0.05) is 30.1 Å². The number of amides is 3. The summed E-state index contributed by atoms with van der Waals surface area (Å²) in [5.41, 5.74) is 19.0.